The fraction of sp³-hybridized carbons (Fsp3) is 0.714. The molecule has 1 aromatic heterocycles. The van der Waals surface area contributed by atoms with Gasteiger partial charge in [-0.05, 0) is 17.6 Å². The summed E-state index contributed by atoms with van der Waals surface area (Å²) in [5, 5.41) is 9.88. The Morgan fingerprint density at radius 2 is 2.36 bits per heavy atom. The van der Waals surface area contributed by atoms with Crippen molar-refractivity contribution in [2.24, 2.45) is 11.7 Å². The molecule has 1 unspecified atom stereocenters. The number of anilines is 1. The van der Waals surface area contributed by atoms with Crippen LogP contribution in [0.25, 0.3) is 0 Å². The van der Waals surface area contributed by atoms with Crippen molar-refractivity contribution in [1.82, 2.24) is 14.8 Å². The van der Waals surface area contributed by atoms with Crippen molar-refractivity contribution in [3.05, 3.63) is 0 Å². The molecule has 1 aromatic rings. The smallest absolute Gasteiger partial charge is 0.243 e. The summed E-state index contributed by atoms with van der Waals surface area (Å²) in [6.07, 6.45) is 0.651. The topological polar surface area (TPSA) is 93.8 Å². The van der Waals surface area contributed by atoms with Crippen LogP contribution in [0, 0.1) is 5.92 Å². The summed E-state index contributed by atoms with van der Waals surface area (Å²) in [4.78, 5) is 11.4. The van der Waals surface area contributed by atoms with E-state index in [0.717, 1.165) is 11.5 Å². The maximum Gasteiger partial charge on any atom is 0.243 e. The van der Waals surface area contributed by atoms with Crippen LogP contribution in [0.5, 0.6) is 0 Å². The number of nitrogens with zero attached hydrogens (tertiary/aromatic N) is 3. The molecule has 1 heterocycles. The number of carbonyl (C=O) groups excluding carboxylic acids is 1. The fourth-order valence-electron chi connectivity index (χ4n) is 0.995. The van der Waals surface area contributed by atoms with Gasteiger partial charge in [-0.15, -0.1) is 0 Å². The molecule has 3 N–H and O–H groups in total. The minimum atomic E-state index is -0.501. The van der Waals surface area contributed by atoms with Crippen LogP contribution in [-0.4, -0.2) is 26.7 Å². The zero-order valence-electron chi connectivity index (χ0n) is 8.10. The van der Waals surface area contributed by atoms with E-state index in [1.54, 1.807) is 0 Å². The molecule has 1 rings (SSSR count). The Hall–Kier alpha value is -1.08. The molecule has 0 aliphatic heterocycles. The van der Waals surface area contributed by atoms with Gasteiger partial charge in [-0.25, -0.2) is 0 Å². The average Bonchev–Trinajstić information content (AvgIpc) is 2.55. The monoisotopic (exact) mass is 215 g/mol. The van der Waals surface area contributed by atoms with E-state index in [4.69, 9.17) is 5.73 Å². The second kappa shape index (κ2) is 4.97. The fourth-order valence-corrected chi connectivity index (χ4v) is 1.36. The van der Waals surface area contributed by atoms with Crippen molar-refractivity contribution in [2.75, 3.05) is 5.32 Å². The lowest BCUT2D eigenvalue weighted by molar-refractivity contribution is -0.117. The minimum absolute atomic E-state index is 0.239. The normalized spacial score (nSPS) is 12.9. The lowest BCUT2D eigenvalue weighted by atomic mass is 10.0. The third-order valence-electron chi connectivity index (χ3n) is 1.59. The molecule has 0 bridgehead atoms. The molecular weight excluding hydrogens is 202 g/mol. The van der Waals surface area contributed by atoms with Crippen molar-refractivity contribution >= 4 is 22.6 Å². The first-order valence-electron chi connectivity index (χ1n) is 4.31. The van der Waals surface area contributed by atoms with Gasteiger partial charge in [0.1, 0.15) is 0 Å². The molecule has 0 radical (unpaired) electrons. The van der Waals surface area contributed by atoms with Gasteiger partial charge in [0.2, 0.25) is 11.0 Å². The van der Waals surface area contributed by atoms with Gasteiger partial charge in [0.15, 0.2) is 0 Å². The molecule has 0 aliphatic rings. The van der Waals surface area contributed by atoms with Crippen LogP contribution >= 0.6 is 11.5 Å². The van der Waals surface area contributed by atoms with E-state index in [2.05, 4.69) is 20.1 Å². The van der Waals surface area contributed by atoms with Crippen LogP contribution in [-0.2, 0) is 4.79 Å². The highest BCUT2D eigenvalue weighted by Gasteiger charge is 2.16. The van der Waals surface area contributed by atoms with Crippen LogP contribution in [0.15, 0.2) is 0 Å². The van der Waals surface area contributed by atoms with Crippen molar-refractivity contribution in [2.45, 2.75) is 26.3 Å². The summed E-state index contributed by atoms with van der Waals surface area (Å²) in [5.74, 6) is 0.153. The van der Waals surface area contributed by atoms with E-state index >= 15 is 0 Å². The van der Waals surface area contributed by atoms with Gasteiger partial charge in [0.25, 0.3) is 0 Å². The van der Waals surface area contributed by atoms with Crippen LogP contribution in [0.4, 0.5) is 5.13 Å². The predicted molar refractivity (Wildman–Crippen MR) is 53.8 cm³/mol. The van der Waals surface area contributed by atoms with Gasteiger partial charge in [0.05, 0.1) is 6.04 Å². The van der Waals surface area contributed by atoms with Gasteiger partial charge >= 0.3 is 0 Å². The van der Waals surface area contributed by atoms with Gasteiger partial charge in [-0.1, -0.05) is 23.4 Å². The van der Waals surface area contributed by atoms with E-state index in [1.165, 1.54) is 0 Å². The summed E-state index contributed by atoms with van der Waals surface area (Å²) < 4.78 is 3.52. The van der Waals surface area contributed by atoms with Crippen molar-refractivity contribution in [1.29, 1.82) is 0 Å². The predicted octanol–water partition coefficient (Wildman–Crippen LogP) is 0.245. The number of amides is 1. The summed E-state index contributed by atoms with van der Waals surface area (Å²) in [6, 6.07) is -0.501. The summed E-state index contributed by atoms with van der Waals surface area (Å²) in [6.45, 7) is 4.03. The highest BCUT2D eigenvalue weighted by molar-refractivity contribution is 7.09. The van der Waals surface area contributed by atoms with E-state index < -0.39 is 6.04 Å². The molecule has 0 spiro atoms. The maximum absolute atomic E-state index is 11.4. The van der Waals surface area contributed by atoms with Crippen LogP contribution in [0.1, 0.15) is 20.3 Å². The molecule has 6 nitrogen and oxygen atoms in total. The van der Waals surface area contributed by atoms with Gasteiger partial charge < -0.3 is 5.73 Å². The number of aromatic nitrogens is 3. The van der Waals surface area contributed by atoms with E-state index in [0.29, 0.717) is 17.5 Å². The first-order chi connectivity index (χ1) is 6.59. The Bertz CT molecular complexity index is 286. The molecule has 0 fully saturated rings. The van der Waals surface area contributed by atoms with Crippen molar-refractivity contribution < 1.29 is 4.79 Å². The Morgan fingerprint density at radius 3 is 2.86 bits per heavy atom. The molecule has 1 amide bonds. The first-order valence-corrected chi connectivity index (χ1v) is 5.08. The van der Waals surface area contributed by atoms with Crippen LogP contribution in [0.2, 0.25) is 0 Å². The largest absolute Gasteiger partial charge is 0.320 e. The Kier molecular flexibility index (Phi) is 3.90. The Balaban J connectivity index is 2.42. The van der Waals surface area contributed by atoms with Gasteiger partial charge in [-0.2, -0.15) is 0 Å². The van der Waals surface area contributed by atoms with E-state index in [-0.39, 0.29) is 5.91 Å². The molecule has 0 saturated carbocycles. The summed E-state index contributed by atoms with van der Waals surface area (Å²) in [5.41, 5.74) is 5.66. The number of nitrogens with two attached hydrogens (primary N) is 1. The molecule has 14 heavy (non-hydrogen) atoms. The Labute approximate surface area is 86.0 Å². The van der Waals surface area contributed by atoms with E-state index in [9.17, 15) is 4.79 Å². The third-order valence-corrected chi connectivity index (χ3v) is 2.10. The molecule has 1 atom stereocenters. The molecule has 78 valence electrons. The quantitative estimate of drug-likeness (QED) is 0.750. The zero-order chi connectivity index (χ0) is 10.6. The number of hydrogen-bond donors (Lipinski definition) is 2. The summed E-state index contributed by atoms with van der Waals surface area (Å²) >= 11 is 1.03. The van der Waals surface area contributed by atoms with Crippen LogP contribution < -0.4 is 11.1 Å². The standard InChI is InChI=1S/C7H13N5OS/c1-4(2)3-5(8)6(13)9-7-10-11-12-14-7/h4-5H,3,8H2,1-2H3,(H,9,10,12,13). The number of carbonyl (C=O) groups is 1. The maximum atomic E-state index is 11.4. The molecular formula is C7H13N5OS. The lowest BCUT2D eigenvalue weighted by Gasteiger charge is -2.12. The number of rotatable bonds is 4. The zero-order valence-corrected chi connectivity index (χ0v) is 8.91. The number of nitrogens with one attached hydrogen (secondary N) is 1. The molecule has 0 saturated heterocycles. The van der Waals surface area contributed by atoms with E-state index in [1.807, 2.05) is 13.8 Å². The minimum Gasteiger partial charge on any atom is -0.320 e. The second-order valence-electron chi connectivity index (χ2n) is 3.39. The lowest BCUT2D eigenvalue weighted by Crippen LogP contribution is -2.36. The highest BCUT2D eigenvalue weighted by atomic mass is 32.1. The first kappa shape index (κ1) is 11.0. The number of hydrogen-bond acceptors (Lipinski definition) is 6. The molecule has 7 heteroatoms. The van der Waals surface area contributed by atoms with Gasteiger partial charge in [0, 0.05) is 11.5 Å². The molecule has 0 aromatic carbocycles. The van der Waals surface area contributed by atoms with Crippen LogP contribution in [0.3, 0.4) is 0 Å². The van der Waals surface area contributed by atoms with Crippen molar-refractivity contribution in [3.8, 4) is 0 Å². The second-order valence-corrected chi connectivity index (χ2v) is 4.13. The summed E-state index contributed by atoms with van der Waals surface area (Å²) in [7, 11) is 0. The average molecular weight is 215 g/mol. The van der Waals surface area contributed by atoms with Gasteiger partial charge in [-0.3, -0.25) is 10.1 Å². The Morgan fingerprint density at radius 1 is 1.64 bits per heavy atom. The SMILES string of the molecule is CC(C)CC(N)C(=O)Nc1nnns1. The van der Waals surface area contributed by atoms with Crippen molar-refractivity contribution in [3.63, 3.8) is 0 Å². The highest BCUT2D eigenvalue weighted by Crippen LogP contribution is 2.08. The molecule has 0 aliphatic carbocycles. The third kappa shape index (κ3) is 3.35.